The molecule has 172 valence electrons. The van der Waals surface area contributed by atoms with E-state index in [0.29, 0.717) is 32.0 Å². The number of anilines is 1. The van der Waals surface area contributed by atoms with E-state index in [9.17, 15) is 13.6 Å². The number of hydrogen-bond acceptors (Lipinski definition) is 7. The summed E-state index contributed by atoms with van der Waals surface area (Å²) in [5.41, 5.74) is 0.489. The maximum atomic E-state index is 14.6. The number of rotatable bonds is 5. The SMILES string of the molecule is Cc1cc(Oc2c(F)cc(COc3cc4n(c(=O)n3)CC[C@@H]3COCCN43)cc2F)ccn1. The van der Waals surface area contributed by atoms with Gasteiger partial charge < -0.3 is 19.1 Å². The number of hydrogen-bond donors (Lipinski definition) is 0. The molecule has 4 heterocycles. The minimum absolute atomic E-state index is 0.104. The second-order valence-corrected chi connectivity index (χ2v) is 8.01. The van der Waals surface area contributed by atoms with Crippen molar-refractivity contribution >= 4 is 5.82 Å². The third kappa shape index (κ3) is 4.38. The van der Waals surface area contributed by atoms with Crippen LogP contribution in [0, 0.1) is 18.6 Å². The molecule has 5 rings (SSSR count). The zero-order chi connectivity index (χ0) is 22.9. The first kappa shape index (κ1) is 21.3. The lowest BCUT2D eigenvalue weighted by Crippen LogP contribution is -2.51. The van der Waals surface area contributed by atoms with Crippen molar-refractivity contribution in [3.8, 4) is 17.4 Å². The van der Waals surface area contributed by atoms with Crippen molar-refractivity contribution in [3.63, 3.8) is 0 Å². The van der Waals surface area contributed by atoms with E-state index in [1.54, 1.807) is 23.6 Å². The second kappa shape index (κ2) is 8.78. The van der Waals surface area contributed by atoms with Crippen LogP contribution in [0.3, 0.4) is 0 Å². The van der Waals surface area contributed by atoms with Crippen LogP contribution < -0.4 is 20.1 Å². The van der Waals surface area contributed by atoms with Crippen LogP contribution in [0.15, 0.2) is 41.3 Å². The van der Waals surface area contributed by atoms with E-state index in [-0.39, 0.29) is 29.8 Å². The van der Waals surface area contributed by atoms with Gasteiger partial charge in [-0.25, -0.2) is 13.6 Å². The predicted octanol–water partition coefficient (Wildman–Crippen LogP) is 3.21. The quantitative estimate of drug-likeness (QED) is 0.583. The number of fused-ring (bicyclic) bond motifs is 3. The third-order valence-electron chi connectivity index (χ3n) is 5.71. The lowest BCUT2D eigenvalue weighted by Gasteiger charge is -2.41. The summed E-state index contributed by atoms with van der Waals surface area (Å²) in [7, 11) is 0. The Kier molecular flexibility index (Phi) is 5.67. The van der Waals surface area contributed by atoms with Gasteiger partial charge in [-0.15, -0.1) is 0 Å². The minimum Gasteiger partial charge on any atom is -0.473 e. The number of ether oxygens (including phenoxy) is 3. The van der Waals surface area contributed by atoms with Gasteiger partial charge in [-0.1, -0.05) is 0 Å². The molecule has 3 aromatic rings. The zero-order valence-corrected chi connectivity index (χ0v) is 18.0. The Balaban J connectivity index is 1.33. The lowest BCUT2D eigenvalue weighted by atomic mass is 10.1. The maximum Gasteiger partial charge on any atom is 0.352 e. The van der Waals surface area contributed by atoms with Crippen molar-refractivity contribution in [1.29, 1.82) is 0 Å². The van der Waals surface area contributed by atoms with Crippen molar-refractivity contribution in [1.82, 2.24) is 14.5 Å². The van der Waals surface area contributed by atoms with E-state index in [1.165, 1.54) is 12.3 Å². The Morgan fingerprint density at radius 3 is 2.79 bits per heavy atom. The van der Waals surface area contributed by atoms with Crippen molar-refractivity contribution in [3.05, 3.63) is 69.9 Å². The van der Waals surface area contributed by atoms with Gasteiger partial charge in [0.05, 0.1) is 19.3 Å². The largest absolute Gasteiger partial charge is 0.473 e. The smallest absolute Gasteiger partial charge is 0.352 e. The maximum absolute atomic E-state index is 14.6. The van der Waals surface area contributed by atoms with E-state index < -0.39 is 23.1 Å². The summed E-state index contributed by atoms with van der Waals surface area (Å²) in [4.78, 5) is 22.6. The fraction of sp³-hybridized carbons (Fsp3) is 0.348. The average Bonchev–Trinajstić information content (AvgIpc) is 2.80. The number of benzene rings is 1. The molecule has 2 aliphatic heterocycles. The monoisotopic (exact) mass is 456 g/mol. The normalized spacial score (nSPS) is 17.3. The first-order valence-electron chi connectivity index (χ1n) is 10.7. The molecule has 0 saturated carbocycles. The fourth-order valence-electron chi connectivity index (χ4n) is 4.12. The van der Waals surface area contributed by atoms with Gasteiger partial charge in [0.25, 0.3) is 0 Å². The van der Waals surface area contributed by atoms with Crippen LogP contribution >= 0.6 is 0 Å². The molecule has 0 aliphatic carbocycles. The standard InChI is InChI=1S/C23H22F2N4O4/c1-14-8-17(2-4-26-14)33-22-18(24)9-15(10-19(22)25)12-32-20-11-21-28-6-7-31-13-16(28)3-5-29(21)23(30)27-20/h2,4,8-11,16H,3,5-7,12-13H2,1H3/t16-/m1/s1. The summed E-state index contributed by atoms with van der Waals surface area (Å²) in [6.07, 6.45) is 2.30. The van der Waals surface area contributed by atoms with Crippen LogP contribution in [-0.4, -0.2) is 40.3 Å². The highest BCUT2D eigenvalue weighted by Crippen LogP contribution is 2.30. The highest BCUT2D eigenvalue weighted by atomic mass is 19.1. The summed E-state index contributed by atoms with van der Waals surface area (Å²) < 4.78 is 47.3. The van der Waals surface area contributed by atoms with Crippen molar-refractivity contribution in [2.75, 3.05) is 24.7 Å². The molecular formula is C23H22F2N4O4. The molecule has 1 aromatic carbocycles. The summed E-state index contributed by atoms with van der Waals surface area (Å²) >= 11 is 0. The van der Waals surface area contributed by atoms with Gasteiger partial charge in [0.2, 0.25) is 5.88 Å². The molecule has 0 bridgehead atoms. The molecular weight excluding hydrogens is 434 g/mol. The highest BCUT2D eigenvalue weighted by molar-refractivity contribution is 5.45. The Labute approximate surface area is 188 Å². The van der Waals surface area contributed by atoms with Gasteiger partial charge in [-0.3, -0.25) is 9.55 Å². The van der Waals surface area contributed by atoms with E-state index in [0.717, 1.165) is 24.4 Å². The van der Waals surface area contributed by atoms with E-state index in [1.807, 2.05) is 0 Å². The Morgan fingerprint density at radius 2 is 2.00 bits per heavy atom. The molecule has 2 aromatic heterocycles. The molecule has 1 fully saturated rings. The van der Waals surface area contributed by atoms with Crippen LogP contribution in [0.5, 0.6) is 17.4 Å². The molecule has 1 atom stereocenters. The molecule has 2 aliphatic rings. The summed E-state index contributed by atoms with van der Waals surface area (Å²) in [6.45, 7) is 4.00. The van der Waals surface area contributed by atoms with E-state index in [2.05, 4.69) is 14.9 Å². The number of aryl methyl sites for hydroxylation is 1. The third-order valence-corrected chi connectivity index (χ3v) is 5.71. The number of aromatic nitrogens is 3. The van der Waals surface area contributed by atoms with Crippen molar-refractivity contribution in [2.45, 2.75) is 32.5 Å². The summed E-state index contributed by atoms with van der Waals surface area (Å²) in [5, 5.41) is 0. The lowest BCUT2D eigenvalue weighted by molar-refractivity contribution is 0.0847. The Bertz CT molecular complexity index is 1230. The molecule has 1 saturated heterocycles. The van der Waals surface area contributed by atoms with Gasteiger partial charge in [-0.2, -0.15) is 4.98 Å². The molecule has 10 heteroatoms. The highest BCUT2D eigenvalue weighted by Gasteiger charge is 2.30. The second-order valence-electron chi connectivity index (χ2n) is 8.01. The molecule has 8 nitrogen and oxygen atoms in total. The van der Waals surface area contributed by atoms with Crippen LogP contribution in [-0.2, 0) is 17.9 Å². The predicted molar refractivity (Wildman–Crippen MR) is 115 cm³/mol. The first-order chi connectivity index (χ1) is 16.0. The number of halogens is 2. The van der Waals surface area contributed by atoms with E-state index in [4.69, 9.17) is 14.2 Å². The van der Waals surface area contributed by atoms with Gasteiger partial charge >= 0.3 is 5.69 Å². The molecule has 0 radical (unpaired) electrons. The molecule has 33 heavy (non-hydrogen) atoms. The van der Waals surface area contributed by atoms with Gasteiger partial charge in [0, 0.05) is 37.1 Å². The fourth-order valence-corrected chi connectivity index (χ4v) is 4.12. The number of morpholine rings is 1. The Hall–Kier alpha value is -3.53. The van der Waals surface area contributed by atoms with E-state index >= 15 is 0 Å². The van der Waals surface area contributed by atoms with Crippen molar-refractivity contribution in [2.24, 2.45) is 0 Å². The average molecular weight is 456 g/mol. The van der Waals surface area contributed by atoms with Crippen LogP contribution in [0.1, 0.15) is 17.7 Å². The Morgan fingerprint density at radius 1 is 1.18 bits per heavy atom. The number of nitrogens with zero attached hydrogens (tertiary/aromatic N) is 4. The van der Waals surface area contributed by atoms with Crippen LogP contribution in [0.4, 0.5) is 14.6 Å². The zero-order valence-electron chi connectivity index (χ0n) is 18.0. The van der Waals surface area contributed by atoms with Crippen LogP contribution in [0.25, 0.3) is 0 Å². The number of pyridine rings is 1. The molecule has 0 N–H and O–H groups in total. The molecule has 0 spiro atoms. The topological polar surface area (TPSA) is 78.7 Å². The van der Waals surface area contributed by atoms with Gasteiger partial charge in [0.1, 0.15) is 18.2 Å². The summed E-state index contributed by atoms with van der Waals surface area (Å²) in [6, 6.07) is 7.26. The van der Waals surface area contributed by atoms with Gasteiger partial charge in [-0.05, 0) is 37.1 Å². The van der Waals surface area contributed by atoms with Crippen LogP contribution in [0.2, 0.25) is 0 Å². The molecule has 0 amide bonds. The minimum atomic E-state index is -0.863. The van der Waals surface area contributed by atoms with Gasteiger partial charge in [0.15, 0.2) is 17.4 Å². The summed E-state index contributed by atoms with van der Waals surface area (Å²) in [5.74, 6) is -1.13. The molecule has 0 unspecified atom stereocenters. The van der Waals surface area contributed by atoms with Crippen molar-refractivity contribution < 1.29 is 23.0 Å². The first-order valence-corrected chi connectivity index (χ1v) is 10.7.